The molecule has 0 bridgehead atoms. The van der Waals surface area contributed by atoms with Crippen molar-refractivity contribution >= 4 is 34.5 Å². The Morgan fingerprint density at radius 3 is 2.96 bits per heavy atom. The summed E-state index contributed by atoms with van der Waals surface area (Å²) in [5.41, 5.74) is 1.39. The normalized spacial score (nSPS) is 10.8. The molecule has 3 aromatic heterocycles. The van der Waals surface area contributed by atoms with Crippen LogP contribution in [-0.4, -0.2) is 27.7 Å². The predicted molar refractivity (Wildman–Crippen MR) is 97.0 cm³/mol. The van der Waals surface area contributed by atoms with Crippen molar-refractivity contribution in [2.24, 2.45) is 0 Å². The second kappa shape index (κ2) is 7.59. The number of anilines is 1. The number of hydrogen-bond acceptors (Lipinski definition) is 4. The second-order valence-corrected chi connectivity index (χ2v) is 6.74. The van der Waals surface area contributed by atoms with Crippen molar-refractivity contribution in [2.75, 3.05) is 11.9 Å². The van der Waals surface area contributed by atoms with Gasteiger partial charge < -0.3 is 4.90 Å². The van der Waals surface area contributed by atoms with Crippen molar-refractivity contribution in [2.45, 2.75) is 19.3 Å². The summed E-state index contributed by atoms with van der Waals surface area (Å²) in [6.07, 6.45) is 7.34. The topological polar surface area (TPSA) is 51.0 Å². The number of aryl methyl sites for hydroxylation is 1. The highest BCUT2D eigenvalue weighted by Crippen LogP contribution is 2.25. The van der Waals surface area contributed by atoms with Crippen LogP contribution in [-0.2, 0) is 11.2 Å². The van der Waals surface area contributed by atoms with E-state index in [1.54, 1.807) is 46.6 Å². The van der Waals surface area contributed by atoms with Gasteiger partial charge in [-0.2, -0.15) is 5.10 Å². The molecule has 0 spiro atoms. The molecule has 3 aromatic rings. The zero-order valence-electron chi connectivity index (χ0n) is 13.2. The van der Waals surface area contributed by atoms with Crippen molar-refractivity contribution in [1.82, 2.24) is 14.8 Å². The Labute approximate surface area is 149 Å². The third kappa shape index (κ3) is 3.83. The molecule has 0 radical (unpaired) electrons. The van der Waals surface area contributed by atoms with Crippen molar-refractivity contribution in [3.63, 3.8) is 0 Å². The lowest BCUT2D eigenvalue weighted by molar-refractivity contribution is -0.118. The summed E-state index contributed by atoms with van der Waals surface area (Å²) in [6, 6.07) is 7.82. The van der Waals surface area contributed by atoms with Gasteiger partial charge in [-0.1, -0.05) is 17.7 Å². The third-order valence-electron chi connectivity index (χ3n) is 3.69. The van der Waals surface area contributed by atoms with Gasteiger partial charge in [0.1, 0.15) is 5.69 Å². The average molecular weight is 361 g/mol. The predicted octanol–water partition coefficient (Wildman–Crippen LogP) is 3.97. The molecule has 0 aliphatic rings. The van der Waals surface area contributed by atoms with Crippen LogP contribution < -0.4 is 4.90 Å². The van der Waals surface area contributed by atoms with E-state index in [4.69, 9.17) is 11.6 Å². The standard InChI is InChI=1S/C17H17ClN4OS/c1-21(16(23)8-2-6-14-7-4-10-24-14)15-12-22(20-17(15)18)13-5-3-9-19-11-13/h3-5,7,9-12H,2,6,8H2,1H3. The first kappa shape index (κ1) is 16.7. The number of thiophene rings is 1. The summed E-state index contributed by atoms with van der Waals surface area (Å²) in [4.78, 5) is 19.3. The molecule has 3 rings (SSSR count). The van der Waals surface area contributed by atoms with E-state index in [1.807, 2.05) is 18.2 Å². The number of nitrogens with zero attached hydrogens (tertiary/aromatic N) is 4. The summed E-state index contributed by atoms with van der Waals surface area (Å²) < 4.78 is 1.63. The van der Waals surface area contributed by atoms with E-state index in [1.165, 1.54) is 4.88 Å². The lowest BCUT2D eigenvalue weighted by Crippen LogP contribution is -2.25. The Hall–Kier alpha value is -2.18. The molecule has 0 saturated heterocycles. The second-order valence-electron chi connectivity index (χ2n) is 5.35. The maximum atomic E-state index is 12.4. The molecule has 0 saturated carbocycles. The van der Waals surface area contributed by atoms with Gasteiger partial charge in [-0.3, -0.25) is 9.78 Å². The van der Waals surface area contributed by atoms with Crippen molar-refractivity contribution in [3.8, 4) is 5.69 Å². The van der Waals surface area contributed by atoms with Crippen LogP contribution in [0.3, 0.4) is 0 Å². The average Bonchev–Trinajstić information content (AvgIpc) is 3.24. The smallest absolute Gasteiger partial charge is 0.226 e. The van der Waals surface area contributed by atoms with Crippen LogP contribution in [0.4, 0.5) is 5.69 Å². The highest BCUT2D eigenvalue weighted by atomic mass is 35.5. The van der Waals surface area contributed by atoms with E-state index in [-0.39, 0.29) is 5.91 Å². The largest absolute Gasteiger partial charge is 0.311 e. The van der Waals surface area contributed by atoms with Gasteiger partial charge in [0.05, 0.1) is 18.1 Å². The zero-order valence-corrected chi connectivity index (χ0v) is 14.8. The first-order valence-corrected chi connectivity index (χ1v) is 8.85. The van der Waals surface area contributed by atoms with Crippen LogP contribution in [0.5, 0.6) is 0 Å². The Kier molecular flexibility index (Phi) is 5.27. The van der Waals surface area contributed by atoms with E-state index >= 15 is 0 Å². The van der Waals surface area contributed by atoms with E-state index in [0.717, 1.165) is 18.5 Å². The first-order chi connectivity index (χ1) is 11.6. The van der Waals surface area contributed by atoms with Crippen molar-refractivity contribution in [3.05, 3.63) is 58.3 Å². The maximum absolute atomic E-state index is 12.4. The first-order valence-electron chi connectivity index (χ1n) is 7.59. The number of pyridine rings is 1. The van der Waals surface area contributed by atoms with E-state index in [9.17, 15) is 4.79 Å². The molecule has 0 aliphatic heterocycles. The van der Waals surface area contributed by atoms with Crippen LogP contribution in [0.15, 0.2) is 48.2 Å². The molecular weight excluding hydrogens is 344 g/mol. The monoisotopic (exact) mass is 360 g/mol. The third-order valence-corrected chi connectivity index (χ3v) is 4.90. The van der Waals surface area contributed by atoms with Crippen LogP contribution >= 0.6 is 22.9 Å². The minimum Gasteiger partial charge on any atom is -0.311 e. The van der Waals surface area contributed by atoms with Gasteiger partial charge in [0.25, 0.3) is 0 Å². The molecule has 0 unspecified atom stereocenters. The fraction of sp³-hybridized carbons (Fsp3) is 0.235. The van der Waals surface area contributed by atoms with Crippen LogP contribution in [0.2, 0.25) is 5.15 Å². The molecule has 3 heterocycles. The fourth-order valence-electron chi connectivity index (χ4n) is 2.36. The summed E-state index contributed by atoms with van der Waals surface area (Å²) >= 11 is 7.92. The van der Waals surface area contributed by atoms with Crippen LogP contribution in [0, 0.1) is 0 Å². The van der Waals surface area contributed by atoms with E-state index in [0.29, 0.717) is 17.3 Å². The van der Waals surface area contributed by atoms with Crippen molar-refractivity contribution in [1.29, 1.82) is 0 Å². The summed E-state index contributed by atoms with van der Waals surface area (Å²) in [7, 11) is 1.73. The quantitative estimate of drug-likeness (QED) is 0.668. The molecule has 1 amide bonds. The molecule has 7 heteroatoms. The minimum absolute atomic E-state index is 0.0270. The molecule has 0 aromatic carbocycles. The van der Waals surface area contributed by atoms with Gasteiger partial charge >= 0.3 is 0 Å². The molecule has 24 heavy (non-hydrogen) atoms. The van der Waals surface area contributed by atoms with E-state index < -0.39 is 0 Å². The number of aromatic nitrogens is 3. The number of rotatable bonds is 6. The Balaban J connectivity index is 1.64. The Morgan fingerprint density at radius 2 is 2.25 bits per heavy atom. The number of carbonyl (C=O) groups excluding carboxylic acids is 1. The van der Waals surface area contributed by atoms with Crippen LogP contribution in [0.1, 0.15) is 17.7 Å². The molecule has 0 fully saturated rings. The van der Waals surface area contributed by atoms with Gasteiger partial charge in [0.15, 0.2) is 5.15 Å². The summed E-state index contributed by atoms with van der Waals surface area (Å²) in [6.45, 7) is 0. The van der Waals surface area contributed by atoms with E-state index in [2.05, 4.69) is 21.5 Å². The molecule has 0 N–H and O–H groups in total. The van der Waals surface area contributed by atoms with Crippen molar-refractivity contribution < 1.29 is 4.79 Å². The van der Waals surface area contributed by atoms with Gasteiger partial charge in [0, 0.05) is 24.5 Å². The number of hydrogen-bond donors (Lipinski definition) is 0. The molecule has 124 valence electrons. The summed E-state index contributed by atoms with van der Waals surface area (Å²) in [5, 5.41) is 6.61. The zero-order chi connectivity index (χ0) is 16.9. The minimum atomic E-state index is 0.0270. The van der Waals surface area contributed by atoms with Gasteiger partial charge in [0.2, 0.25) is 5.91 Å². The molecule has 5 nitrogen and oxygen atoms in total. The Bertz CT molecular complexity index is 801. The lowest BCUT2D eigenvalue weighted by Gasteiger charge is -2.15. The lowest BCUT2D eigenvalue weighted by atomic mass is 10.2. The fourth-order valence-corrected chi connectivity index (χ4v) is 3.37. The number of amides is 1. The SMILES string of the molecule is CN(C(=O)CCCc1cccs1)c1cn(-c2cccnc2)nc1Cl. The molecular formula is C17H17ClN4OS. The van der Waals surface area contributed by atoms with Gasteiger partial charge in [-0.05, 0) is 36.4 Å². The molecule has 0 atom stereocenters. The maximum Gasteiger partial charge on any atom is 0.226 e. The van der Waals surface area contributed by atoms with Crippen LogP contribution in [0.25, 0.3) is 5.69 Å². The highest BCUT2D eigenvalue weighted by Gasteiger charge is 2.17. The Morgan fingerprint density at radius 1 is 1.38 bits per heavy atom. The summed E-state index contributed by atoms with van der Waals surface area (Å²) in [5.74, 6) is 0.0270. The van der Waals surface area contributed by atoms with Gasteiger partial charge in [-0.15, -0.1) is 11.3 Å². The number of halogens is 1. The molecule has 0 aliphatic carbocycles. The number of carbonyl (C=O) groups is 1. The van der Waals surface area contributed by atoms with Gasteiger partial charge in [-0.25, -0.2) is 4.68 Å². The highest BCUT2D eigenvalue weighted by molar-refractivity contribution is 7.09.